The maximum absolute atomic E-state index is 9.15. The fourth-order valence-electron chi connectivity index (χ4n) is 1.30. The molecule has 0 unspecified atom stereocenters. The first-order valence-electron chi connectivity index (χ1n) is 5.50. The molecule has 0 radical (unpaired) electrons. The number of aliphatic hydroxyl groups is 1. The predicted octanol–water partition coefficient (Wildman–Crippen LogP) is 1.12. The van der Waals surface area contributed by atoms with Gasteiger partial charge < -0.3 is 15.7 Å². The van der Waals surface area contributed by atoms with Crippen LogP contribution in [0.2, 0.25) is 0 Å². The zero-order chi connectivity index (χ0) is 11.1. The lowest BCUT2D eigenvalue weighted by Crippen LogP contribution is -2.37. The summed E-state index contributed by atoms with van der Waals surface area (Å²) >= 11 is 0. The van der Waals surface area contributed by atoms with Gasteiger partial charge in [-0.15, -0.1) is 30.6 Å². The highest BCUT2D eigenvalue weighted by Crippen LogP contribution is 2.45. The summed E-state index contributed by atoms with van der Waals surface area (Å²) in [7, 11) is 0. The maximum Gasteiger partial charge on any atom is 0.191 e. The molecule has 4 nitrogen and oxygen atoms in total. The van der Waals surface area contributed by atoms with Crippen LogP contribution >= 0.6 is 24.0 Å². The Balaban J connectivity index is 0.00000225. The van der Waals surface area contributed by atoms with Gasteiger partial charge in [-0.1, -0.05) is 6.08 Å². The SMILES string of the molecule is C=CCNC(=NCC1(CO)CC1)NCC.I. The van der Waals surface area contributed by atoms with Crippen molar-refractivity contribution in [1.29, 1.82) is 0 Å². The van der Waals surface area contributed by atoms with Gasteiger partial charge in [0.25, 0.3) is 0 Å². The first-order chi connectivity index (χ1) is 7.26. The lowest BCUT2D eigenvalue weighted by molar-refractivity contribution is 0.217. The Kier molecular flexibility index (Phi) is 7.74. The third-order valence-electron chi connectivity index (χ3n) is 2.62. The molecule has 1 fully saturated rings. The number of nitrogens with one attached hydrogen (secondary N) is 2. The molecular formula is C11H22IN3O. The second kappa shape index (κ2) is 7.89. The Labute approximate surface area is 115 Å². The number of hydrogen-bond donors (Lipinski definition) is 3. The van der Waals surface area contributed by atoms with E-state index in [0.29, 0.717) is 13.1 Å². The third-order valence-corrected chi connectivity index (χ3v) is 2.62. The lowest BCUT2D eigenvalue weighted by atomic mass is 10.1. The molecule has 0 bridgehead atoms. The van der Waals surface area contributed by atoms with E-state index in [1.165, 1.54) is 0 Å². The maximum atomic E-state index is 9.15. The van der Waals surface area contributed by atoms with Crippen molar-refractivity contribution in [2.24, 2.45) is 10.4 Å². The second-order valence-electron chi connectivity index (χ2n) is 4.02. The topological polar surface area (TPSA) is 56.7 Å². The Bertz CT molecular complexity index is 239. The van der Waals surface area contributed by atoms with Gasteiger partial charge in [-0.05, 0) is 19.8 Å². The number of guanidine groups is 1. The van der Waals surface area contributed by atoms with Crippen LogP contribution in [0.4, 0.5) is 0 Å². The van der Waals surface area contributed by atoms with Crippen molar-refractivity contribution in [2.45, 2.75) is 19.8 Å². The van der Waals surface area contributed by atoms with Gasteiger partial charge in [0.2, 0.25) is 0 Å². The molecule has 94 valence electrons. The third kappa shape index (κ3) is 5.16. The van der Waals surface area contributed by atoms with E-state index < -0.39 is 0 Å². The van der Waals surface area contributed by atoms with Gasteiger partial charge >= 0.3 is 0 Å². The van der Waals surface area contributed by atoms with E-state index in [4.69, 9.17) is 5.11 Å². The van der Waals surface area contributed by atoms with Crippen LogP contribution in [0, 0.1) is 5.41 Å². The summed E-state index contributed by atoms with van der Waals surface area (Å²) < 4.78 is 0. The highest BCUT2D eigenvalue weighted by molar-refractivity contribution is 14.0. The number of hydrogen-bond acceptors (Lipinski definition) is 2. The van der Waals surface area contributed by atoms with E-state index in [1.807, 2.05) is 6.92 Å². The largest absolute Gasteiger partial charge is 0.396 e. The van der Waals surface area contributed by atoms with Crippen molar-refractivity contribution >= 4 is 29.9 Å². The molecule has 0 spiro atoms. The van der Waals surface area contributed by atoms with E-state index in [2.05, 4.69) is 22.2 Å². The summed E-state index contributed by atoms with van der Waals surface area (Å²) in [5, 5.41) is 15.4. The summed E-state index contributed by atoms with van der Waals surface area (Å²) in [6.07, 6.45) is 3.98. The number of aliphatic imine (C=N–C) groups is 1. The zero-order valence-electron chi connectivity index (χ0n) is 9.83. The fourth-order valence-corrected chi connectivity index (χ4v) is 1.30. The van der Waals surface area contributed by atoms with Gasteiger partial charge in [-0.25, -0.2) is 0 Å². The number of halogens is 1. The fraction of sp³-hybridized carbons (Fsp3) is 0.727. The molecule has 5 heteroatoms. The molecule has 0 amide bonds. The average Bonchev–Trinajstić information content (AvgIpc) is 3.03. The molecule has 1 rings (SSSR count). The van der Waals surface area contributed by atoms with Gasteiger partial charge in [-0.3, -0.25) is 4.99 Å². The summed E-state index contributed by atoms with van der Waals surface area (Å²) in [4.78, 5) is 4.44. The molecule has 0 aromatic rings. The minimum absolute atomic E-state index is 0. The van der Waals surface area contributed by atoms with E-state index in [-0.39, 0.29) is 36.0 Å². The van der Waals surface area contributed by atoms with E-state index in [0.717, 1.165) is 25.3 Å². The van der Waals surface area contributed by atoms with Gasteiger partial charge in [0.15, 0.2) is 5.96 Å². The molecule has 0 heterocycles. The number of aliphatic hydroxyl groups excluding tert-OH is 1. The van der Waals surface area contributed by atoms with Crippen molar-refractivity contribution in [1.82, 2.24) is 10.6 Å². The van der Waals surface area contributed by atoms with Crippen LogP contribution in [0.15, 0.2) is 17.6 Å². The van der Waals surface area contributed by atoms with Gasteiger partial charge in [0, 0.05) is 18.5 Å². The number of nitrogens with zero attached hydrogens (tertiary/aromatic N) is 1. The van der Waals surface area contributed by atoms with Crippen LogP contribution in [0.25, 0.3) is 0 Å². The summed E-state index contributed by atoms with van der Waals surface area (Å²) in [5.74, 6) is 0.803. The highest BCUT2D eigenvalue weighted by Gasteiger charge is 2.41. The smallest absolute Gasteiger partial charge is 0.191 e. The molecule has 16 heavy (non-hydrogen) atoms. The van der Waals surface area contributed by atoms with Gasteiger partial charge in [0.1, 0.15) is 0 Å². The van der Waals surface area contributed by atoms with Crippen LogP contribution in [0.1, 0.15) is 19.8 Å². The highest BCUT2D eigenvalue weighted by atomic mass is 127. The predicted molar refractivity (Wildman–Crippen MR) is 78.3 cm³/mol. The summed E-state index contributed by atoms with van der Waals surface area (Å²) in [6.45, 7) is 8.18. The van der Waals surface area contributed by atoms with E-state index >= 15 is 0 Å². The van der Waals surface area contributed by atoms with Crippen molar-refractivity contribution in [3.05, 3.63) is 12.7 Å². The van der Waals surface area contributed by atoms with Crippen molar-refractivity contribution < 1.29 is 5.11 Å². The van der Waals surface area contributed by atoms with Gasteiger partial charge in [-0.2, -0.15) is 0 Å². The van der Waals surface area contributed by atoms with Crippen LogP contribution in [-0.4, -0.2) is 37.3 Å². The minimum Gasteiger partial charge on any atom is -0.396 e. The van der Waals surface area contributed by atoms with E-state index in [1.54, 1.807) is 6.08 Å². The Morgan fingerprint density at radius 1 is 1.50 bits per heavy atom. The first kappa shape index (κ1) is 15.7. The Morgan fingerprint density at radius 3 is 2.62 bits per heavy atom. The molecule has 0 aliphatic heterocycles. The minimum atomic E-state index is 0. The molecule has 1 saturated carbocycles. The van der Waals surface area contributed by atoms with E-state index in [9.17, 15) is 0 Å². The van der Waals surface area contributed by atoms with Crippen LogP contribution in [-0.2, 0) is 0 Å². The summed E-state index contributed by atoms with van der Waals surface area (Å²) in [6, 6.07) is 0. The quantitative estimate of drug-likeness (QED) is 0.294. The lowest BCUT2D eigenvalue weighted by Gasteiger charge is -2.12. The molecule has 1 aliphatic rings. The van der Waals surface area contributed by atoms with Gasteiger partial charge in [0.05, 0.1) is 13.2 Å². The summed E-state index contributed by atoms with van der Waals surface area (Å²) in [5.41, 5.74) is 0.0799. The zero-order valence-corrected chi connectivity index (χ0v) is 12.2. The molecule has 0 saturated heterocycles. The first-order valence-corrected chi connectivity index (χ1v) is 5.50. The average molecular weight is 339 g/mol. The molecule has 1 aliphatic carbocycles. The monoisotopic (exact) mass is 339 g/mol. The second-order valence-corrected chi connectivity index (χ2v) is 4.02. The molecular weight excluding hydrogens is 317 g/mol. The molecule has 0 atom stereocenters. The Morgan fingerprint density at radius 2 is 2.19 bits per heavy atom. The van der Waals surface area contributed by atoms with Crippen molar-refractivity contribution in [3.63, 3.8) is 0 Å². The van der Waals surface area contributed by atoms with Crippen molar-refractivity contribution in [2.75, 3.05) is 26.2 Å². The molecule has 0 aromatic heterocycles. The van der Waals surface area contributed by atoms with Crippen LogP contribution < -0.4 is 10.6 Å². The van der Waals surface area contributed by atoms with Crippen LogP contribution in [0.5, 0.6) is 0 Å². The molecule has 3 N–H and O–H groups in total. The number of rotatable bonds is 6. The normalized spacial score (nSPS) is 17.2. The molecule has 0 aromatic carbocycles. The Hall–Kier alpha value is -0.300. The standard InChI is InChI=1S/C11H21N3O.HI/c1-3-7-13-10(12-4-2)14-8-11(9-15)5-6-11;/h3,15H,1,4-9H2,2H3,(H2,12,13,14);1H. The van der Waals surface area contributed by atoms with Crippen LogP contribution in [0.3, 0.4) is 0 Å². The van der Waals surface area contributed by atoms with Crippen molar-refractivity contribution in [3.8, 4) is 0 Å².